The summed E-state index contributed by atoms with van der Waals surface area (Å²) in [5.74, 6) is 2.50. The number of ether oxygens (including phenoxy) is 2. The molecule has 0 N–H and O–H groups in total. The van der Waals surface area contributed by atoms with E-state index >= 15 is 0 Å². The molecule has 3 atom stereocenters. The van der Waals surface area contributed by atoms with Gasteiger partial charge in [0.2, 0.25) is 0 Å². The summed E-state index contributed by atoms with van der Waals surface area (Å²) < 4.78 is 11.4. The van der Waals surface area contributed by atoms with Gasteiger partial charge in [-0.1, -0.05) is 6.07 Å². The third-order valence-corrected chi connectivity index (χ3v) is 5.84. The molecule has 4 heteroatoms. The van der Waals surface area contributed by atoms with Crippen LogP contribution in [-0.2, 0) is 6.54 Å². The molecule has 0 unspecified atom stereocenters. The molecule has 2 fully saturated rings. The summed E-state index contributed by atoms with van der Waals surface area (Å²) in [7, 11) is 1.69. The number of likely N-dealkylation sites (tertiary alicyclic amines) is 1. The maximum absolute atomic E-state index is 6.15. The maximum atomic E-state index is 6.15. The Morgan fingerprint density at radius 3 is 2.92 bits per heavy atom. The van der Waals surface area contributed by atoms with Gasteiger partial charge in [-0.25, -0.2) is 0 Å². The van der Waals surface area contributed by atoms with Crippen molar-refractivity contribution in [3.63, 3.8) is 0 Å². The van der Waals surface area contributed by atoms with E-state index in [1.54, 1.807) is 7.11 Å². The molecule has 25 heavy (non-hydrogen) atoms. The van der Waals surface area contributed by atoms with Gasteiger partial charge in [0, 0.05) is 37.1 Å². The predicted octanol–water partition coefficient (Wildman–Crippen LogP) is 3.83. The number of aromatic nitrogens is 1. The molecule has 2 aliphatic rings. The normalized spacial score (nSPS) is 25.3. The van der Waals surface area contributed by atoms with Crippen molar-refractivity contribution < 1.29 is 9.47 Å². The molecule has 1 saturated heterocycles. The van der Waals surface area contributed by atoms with Crippen LogP contribution < -0.4 is 9.47 Å². The number of hydrogen-bond donors (Lipinski definition) is 0. The second-order valence-corrected chi connectivity index (χ2v) is 7.26. The second-order valence-electron chi connectivity index (χ2n) is 7.26. The smallest absolute Gasteiger partial charge is 0.123 e. The van der Waals surface area contributed by atoms with Crippen molar-refractivity contribution in [1.29, 1.82) is 0 Å². The Morgan fingerprint density at radius 2 is 2.08 bits per heavy atom. The summed E-state index contributed by atoms with van der Waals surface area (Å²) >= 11 is 0. The molecule has 132 valence electrons. The summed E-state index contributed by atoms with van der Waals surface area (Å²) in [6.07, 6.45) is 7.84. The third-order valence-electron chi connectivity index (χ3n) is 5.84. The van der Waals surface area contributed by atoms with E-state index in [1.165, 1.54) is 30.4 Å². The fourth-order valence-electron chi connectivity index (χ4n) is 4.41. The van der Waals surface area contributed by atoms with Crippen molar-refractivity contribution in [3.8, 4) is 11.5 Å². The molecule has 2 bridgehead atoms. The Hall–Kier alpha value is -2.07. The number of methoxy groups -OCH3 is 1. The van der Waals surface area contributed by atoms with Gasteiger partial charge in [-0.3, -0.25) is 9.88 Å². The lowest BCUT2D eigenvalue weighted by Crippen LogP contribution is -2.43. The monoisotopic (exact) mass is 338 g/mol. The number of piperidine rings is 1. The number of benzene rings is 1. The average molecular weight is 338 g/mol. The molecule has 1 aliphatic carbocycles. The van der Waals surface area contributed by atoms with Crippen LogP contribution in [0.3, 0.4) is 0 Å². The average Bonchev–Trinajstić information content (AvgIpc) is 3.24. The first-order valence-electron chi connectivity index (χ1n) is 9.16. The fraction of sp³-hybridized carbons (Fsp3) is 0.476. The highest BCUT2D eigenvalue weighted by Gasteiger charge is 2.45. The Kier molecular flexibility index (Phi) is 4.62. The van der Waals surface area contributed by atoms with Crippen molar-refractivity contribution in [1.82, 2.24) is 9.88 Å². The third kappa shape index (κ3) is 3.36. The SMILES string of the molecule is COc1cccc(OC[C@@H]2[C@H]3CC[C@H](C3)N2Cc2ccncc2C)c1. The molecule has 0 amide bonds. The summed E-state index contributed by atoms with van der Waals surface area (Å²) in [6.45, 7) is 3.90. The van der Waals surface area contributed by atoms with Gasteiger partial charge in [0.15, 0.2) is 0 Å². The molecule has 4 nitrogen and oxygen atoms in total. The zero-order valence-electron chi connectivity index (χ0n) is 15.0. The largest absolute Gasteiger partial charge is 0.497 e. The number of hydrogen-bond acceptors (Lipinski definition) is 4. The van der Waals surface area contributed by atoms with Gasteiger partial charge < -0.3 is 9.47 Å². The van der Waals surface area contributed by atoms with Gasteiger partial charge in [-0.15, -0.1) is 0 Å². The van der Waals surface area contributed by atoms with Crippen LogP contribution >= 0.6 is 0 Å². The topological polar surface area (TPSA) is 34.6 Å². The Labute approximate surface area is 149 Å². The van der Waals surface area contributed by atoms with E-state index in [1.807, 2.05) is 36.7 Å². The molecule has 4 rings (SSSR count). The van der Waals surface area contributed by atoms with Crippen LogP contribution in [-0.4, -0.2) is 35.7 Å². The van der Waals surface area contributed by atoms with Crippen LogP contribution in [0.5, 0.6) is 11.5 Å². The number of pyridine rings is 1. The second kappa shape index (κ2) is 7.04. The van der Waals surface area contributed by atoms with E-state index < -0.39 is 0 Å². The van der Waals surface area contributed by atoms with Crippen LogP contribution in [0, 0.1) is 12.8 Å². The molecule has 0 radical (unpaired) electrons. The van der Waals surface area contributed by atoms with Crippen LogP contribution in [0.4, 0.5) is 0 Å². The van der Waals surface area contributed by atoms with Crippen LogP contribution in [0.2, 0.25) is 0 Å². The molecule has 2 aromatic rings. The van der Waals surface area contributed by atoms with Gasteiger partial charge in [-0.2, -0.15) is 0 Å². The van der Waals surface area contributed by atoms with E-state index in [0.717, 1.165) is 30.6 Å². The van der Waals surface area contributed by atoms with Gasteiger partial charge in [0.1, 0.15) is 18.1 Å². The van der Waals surface area contributed by atoms with Crippen molar-refractivity contribution in [3.05, 3.63) is 53.9 Å². The molecular formula is C21H26N2O2. The first kappa shape index (κ1) is 16.4. The molecule has 1 aliphatic heterocycles. The lowest BCUT2D eigenvalue weighted by Gasteiger charge is -2.35. The van der Waals surface area contributed by atoms with Crippen LogP contribution in [0.1, 0.15) is 30.4 Å². The Morgan fingerprint density at radius 1 is 1.20 bits per heavy atom. The zero-order chi connectivity index (χ0) is 17.2. The summed E-state index contributed by atoms with van der Waals surface area (Å²) in [5.41, 5.74) is 2.66. The highest BCUT2D eigenvalue weighted by Crippen LogP contribution is 2.43. The number of aryl methyl sites for hydroxylation is 1. The minimum absolute atomic E-state index is 0.498. The molecule has 2 heterocycles. The number of rotatable bonds is 6. The molecule has 1 aromatic carbocycles. The first-order valence-corrected chi connectivity index (χ1v) is 9.16. The minimum atomic E-state index is 0.498. The van der Waals surface area contributed by atoms with Gasteiger partial charge in [-0.05, 0) is 61.4 Å². The highest BCUT2D eigenvalue weighted by atomic mass is 16.5. The minimum Gasteiger partial charge on any atom is -0.497 e. The van der Waals surface area contributed by atoms with Crippen molar-refractivity contribution in [2.24, 2.45) is 5.92 Å². The number of nitrogens with zero attached hydrogens (tertiary/aromatic N) is 2. The van der Waals surface area contributed by atoms with Gasteiger partial charge in [0.05, 0.1) is 7.11 Å². The van der Waals surface area contributed by atoms with E-state index in [0.29, 0.717) is 12.1 Å². The van der Waals surface area contributed by atoms with E-state index in [2.05, 4.69) is 22.9 Å². The van der Waals surface area contributed by atoms with Gasteiger partial charge in [0.25, 0.3) is 0 Å². The predicted molar refractivity (Wildman–Crippen MR) is 97.9 cm³/mol. The highest BCUT2D eigenvalue weighted by molar-refractivity contribution is 5.33. The zero-order valence-corrected chi connectivity index (χ0v) is 15.0. The number of fused-ring (bicyclic) bond motifs is 2. The standard InChI is InChI=1S/C21H26N2O2/c1-15-12-22-9-8-17(15)13-23-18-7-6-16(10-18)21(23)14-25-20-5-3-4-19(11-20)24-2/h3-5,8-9,11-12,16,18,21H,6-7,10,13-14H2,1-2H3/t16-,18+,21+/m0/s1. The van der Waals surface area contributed by atoms with Crippen molar-refractivity contribution in [2.45, 2.75) is 44.8 Å². The van der Waals surface area contributed by atoms with Gasteiger partial charge >= 0.3 is 0 Å². The summed E-state index contributed by atoms with van der Waals surface area (Å²) in [6, 6.07) is 11.3. The fourth-order valence-corrected chi connectivity index (χ4v) is 4.41. The van der Waals surface area contributed by atoms with E-state index in [9.17, 15) is 0 Å². The molecule has 0 spiro atoms. The summed E-state index contributed by atoms with van der Waals surface area (Å²) in [4.78, 5) is 6.89. The van der Waals surface area contributed by atoms with Crippen molar-refractivity contribution in [2.75, 3.05) is 13.7 Å². The maximum Gasteiger partial charge on any atom is 0.123 e. The lowest BCUT2D eigenvalue weighted by atomic mass is 9.98. The van der Waals surface area contributed by atoms with Crippen LogP contribution in [0.15, 0.2) is 42.7 Å². The summed E-state index contributed by atoms with van der Waals surface area (Å²) in [5, 5.41) is 0. The molecule has 1 aromatic heterocycles. The quantitative estimate of drug-likeness (QED) is 0.802. The molecular weight excluding hydrogens is 312 g/mol. The lowest BCUT2D eigenvalue weighted by molar-refractivity contribution is 0.0865. The molecule has 1 saturated carbocycles. The Bertz CT molecular complexity index is 733. The van der Waals surface area contributed by atoms with Crippen molar-refractivity contribution >= 4 is 0 Å². The first-order chi connectivity index (χ1) is 12.2. The van der Waals surface area contributed by atoms with E-state index in [4.69, 9.17) is 9.47 Å². The van der Waals surface area contributed by atoms with E-state index in [-0.39, 0.29) is 0 Å². The van der Waals surface area contributed by atoms with Crippen LogP contribution in [0.25, 0.3) is 0 Å². The Balaban J connectivity index is 1.46.